The molecule has 0 fully saturated rings. The molecule has 1 amide bonds. The van der Waals surface area contributed by atoms with Gasteiger partial charge in [-0.25, -0.2) is 5.01 Å². The van der Waals surface area contributed by atoms with Gasteiger partial charge < -0.3 is 14.8 Å². The van der Waals surface area contributed by atoms with Crippen molar-refractivity contribution in [2.45, 2.75) is 31.7 Å². The number of carboxylic acids is 1. The molecule has 8 nitrogen and oxygen atoms in total. The number of aromatic nitrogens is 1. The van der Waals surface area contributed by atoms with E-state index in [2.05, 4.69) is 4.98 Å². The number of aromatic amines is 1. The number of carboxylic acid groups (broad SMARTS) is 1. The van der Waals surface area contributed by atoms with Crippen LogP contribution < -0.4 is 10.3 Å². The number of fused-ring (bicyclic) bond motifs is 1. The molecule has 226 valence electrons. The van der Waals surface area contributed by atoms with Crippen molar-refractivity contribution in [2.24, 2.45) is 5.10 Å². The molecule has 0 aliphatic carbocycles. The molecule has 0 radical (unpaired) electrons. The van der Waals surface area contributed by atoms with E-state index in [0.717, 1.165) is 39.0 Å². The highest BCUT2D eigenvalue weighted by molar-refractivity contribution is 6.31. The summed E-state index contributed by atoms with van der Waals surface area (Å²) in [5.41, 5.74) is 5.75. The number of hydrogen-bond acceptors (Lipinski definition) is 5. The number of carbonyl (C=O) groups excluding carboxylic acids is 1. The smallest absolute Gasteiger partial charge is 0.303 e. The number of methoxy groups -OCH3 is 1. The summed E-state index contributed by atoms with van der Waals surface area (Å²) < 4.78 is 5.27. The summed E-state index contributed by atoms with van der Waals surface area (Å²) in [5.74, 6) is -0.735. The Hall–Kier alpha value is -5.21. The third-order valence-electron chi connectivity index (χ3n) is 8.03. The van der Waals surface area contributed by atoms with Gasteiger partial charge in [-0.05, 0) is 64.6 Å². The van der Waals surface area contributed by atoms with Gasteiger partial charge in [0.25, 0.3) is 5.56 Å². The molecule has 4 aromatic carbocycles. The highest BCUT2D eigenvalue weighted by Gasteiger charge is 2.35. The van der Waals surface area contributed by atoms with E-state index in [1.54, 1.807) is 19.2 Å². The molecular formula is C36H30ClN3O5. The molecule has 9 heteroatoms. The molecule has 0 saturated carbocycles. The number of pyridine rings is 1. The average molecular weight is 620 g/mol. The van der Waals surface area contributed by atoms with E-state index >= 15 is 0 Å². The Morgan fingerprint density at radius 2 is 1.64 bits per heavy atom. The van der Waals surface area contributed by atoms with Gasteiger partial charge in [0, 0.05) is 28.8 Å². The lowest BCUT2D eigenvalue weighted by Crippen LogP contribution is -2.27. The van der Waals surface area contributed by atoms with Crippen molar-refractivity contribution in [1.29, 1.82) is 0 Å². The summed E-state index contributed by atoms with van der Waals surface area (Å²) in [4.78, 5) is 41.4. The standard InChI is InChI=1S/C36H30ClN3O5/c1-45-27-14-11-24(12-15-27)23-7-9-25(10-8-23)32-21-31(39-40(32)33(41)17-18-34(42)43)35-29(19-22-5-3-2-4-6-22)28-20-26(37)13-16-30(28)38-36(35)44/h2-16,20,32H,17-19,21H2,1H3,(H,38,44)(H,42,43). The molecular weight excluding hydrogens is 590 g/mol. The second-order valence-electron chi connectivity index (χ2n) is 10.9. The Morgan fingerprint density at radius 3 is 2.31 bits per heavy atom. The van der Waals surface area contributed by atoms with Gasteiger partial charge in [-0.3, -0.25) is 14.4 Å². The molecule has 2 heterocycles. The number of halogens is 1. The van der Waals surface area contributed by atoms with Crippen molar-refractivity contribution in [1.82, 2.24) is 9.99 Å². The van der Waals surface area contributed by atoms with Crippen LogP contribution in [0.2, 0.25) is 5.02 Å². The summed E-state index contributed by atoms with van der Waals surface area (Å²) in [6.45, 7) is 0. The van der Waals surface area contributed by atoms with Crippen LogP contribution in [0.3, 0.4) is 0 Å². The lowest BCUT2D eigenvalue weighted by molar-refractivity contribution is -0.141. The van der Waals surface area contributed by atoms with Crippen molar-refractivity contribution in [3.8, 4) is 16.9 Å². The highest BCUT2D eigenvalue weighted by Crippen LogP contribution is 2.36. The summed E-state index contributed by atoms with van der Waals surface area (Å²) in [7, 11) is 1.62. The molecule has 0 bridgehead atoms. The zero-order valence-corrected chi connectivity index (χ0v) is 25.3. The number of carbonyl (C=O) groups is 2. The van der Waals surface area contributed by atoms with Crippen molar-refractivity contribution in [3.63, 3.8) is 0 Å². The topological polar surface area (TPSA) is 112 Å². The fourth-order valence-electron chi connectivity index (χ4n) is 5.78. The van der Waals surface area contributed by atoms with Crippen LogP contribution in [-0.4, -0.2) is 39.8 Å². The van der Waals surface area contributed by atoms with Gasteiger partial charge >= 0.3 is 5.97 Å². The van der Waals surface area contributed by atoms with Crippen molar-refractivity contribution < 1.29 is 19.4 Å². The highest BCUT2D eigenvalue weighted by atomic mass is 35.5. The number of nitrogens with one attached hydrogen (secondary N) is 1. The predicted octanol–water partition coefficient (Wildman–Crippen LogP) is 6.99. The number of ether oxygens (including phenoxy) is 1. The van der Waals surface area contributed by atoms with Gasteiger partial charge in [0.05, 0.1) is 30.8 Å². The monoisotopic (exact) mass is 619 g/mol. The van der Waals surface area contributed by atoms with E-state index in [4.69, 9.17) is 21.4 Å². The first-order chi connectivity index (χ1) is 21.8. The molecule has 2 N–H and O–H groups in total. The Labute approximate surface area is 264 Å². The largest absolute Gasteiger partial charge is 0.497 e. The zero-order chi connectivity index (χ0) is 31.5. The molecule has 0 spiro atoms. The molecule has 1 aromatic heterocycles. The number of aliphatic carboxylic acids is 1. The lowest BCUT2D eigenvalue weighted by atomic mass is 9.91. The van der Waals surface area contributed by atoms with E-state index in [-0.39, 0.29) is 24.8 Å². The maximum Gasteiger partial charge on any atom is 0.303 e. The molecule has 1 aliphatic heterocycles. The van der Waals surface area contributed by atoms with E-state index in [9.17, 15) is 19.5 Å². The number of benzene rings is 4. The number of hydrogen-bond donors (Lipinski definition) is 2. The minimum atomic E-state index is -1.07. The number of H-pyrrole nitrogens is 1. The minimum Gasteiger partial charge on any atom is -0.497 e. The number of nitrogens with zero attached hydrogens (tertiary/aromatic N) is 2. The van der Waals surface area contributed by atoms with E-state index in [0.29, 0.717) is 28.2 Å². The molecule has 45 heavy (non-hydrogen) atoms. The molecule has 5 aromatic rings. The second-order valence-corrected chi connectivity index (χ2v) is 11.3. The Bertz CT molecular complexity index is 1970. The third kappa shape index (κ3) is 6.37. The number of amides is 1. The SMILES string of the molecule is COc1ccc(-c2ccc(C3CC(c4c(Cc5ccccc5)c5cc(Cl)ccc5[nH]c4=O)=NN3C(=O)CCC(=O)O)cc2)cc1. The fourth-order valence-corrected chi connectivity index (χ4v) is 5.95. The van der Waals surface area contributed by atoms with E-state index in [1.807, 2.05) is 84.9 Å². The van der Waals surface area contributed by atoms with Gasteiger partial charge in [0.2, 0.25) is 5.91 Å². The van der Waals surface area contributed by atoms with E-state index in [1.165, 1.54) is 5.01 Å². The van der Waals surface area contributed by atoms with Gasteiger partial charge in [0.15, 0.2) is 0 Å². The van der Waals surface area contributed by atoms with Gasteiger partial charge in [-0.15, -0.1) is 0 Å². The van der Waals surface area contributed by atoms with Crippen LogP contribution in [0.25, 0.3) is 22.0 Å². The van der Waals surface area contributed by atoms with Crippen LogP contribution in [0.4, 0.5) is 0 Å². The number of hydrazone groups is 1. The molecule has 1 unspecified atom stereocenters. The fraction of sp³-hybridized carbons (Fsp3) is 0.167. The summed E-state index contributed by atoms with van der Waals surface area (Å²) in [5, 5.41) is 16.6. The average Bonchev–Trinajstić information content (AvgIpc) is 3.49. The van der Waals surface area contributed by atoms with Crippen molar-refractivity contribution >= 4 is 40.1 Å². The first-order valence-corrected chi connectivity index (χ1v) is 14.9. The quantitative estimate of drug-likeness (QED) is 0.185. The first kappa shape index (κ1) is 29.8. The van der Waals surface area contributed by atoms with Crippen LogP contribution in [0.1, 0.15) is 47.6 Å². The normalized spacial score (nSPS) is 14.4. The van der Waals surface area contributed by atoms with Gasteiger partial charge in [0.1, 0.15) is 5.75 Å². The molecule has 1 aliphatic rings. The maximum absolute atomic E-state index is 13.7. The van der Waals surface area contributed by atoms with Crippen LogP contribution in [0.15, 0.2) is 107 Å². The van der Waals surface area contributed by atoms with E-state index < -0.39 is 17.9 Å². The third-order valence-corrected chi connectivity index (χ3v) is 8.27. The summed E-state index contributed by atoms with van der Waals surface area (Å²) in [6.07, 6.45) is 0.187. The molecule has 1 atom stereocenters. The van der Waals surface area contributed by atoms with Gasteiger partial charge in [-0.1, -0.05) is 78.3 Å². The first-order valence-electron chi connectivity index (χ1n) is 14.5. The number of rotatable bonds is 9. The van der Waals surface area contributed by atoms with Crippen LogP contribution >= 0.6 is 11.6 Å². The van der Waals surface area contributed by atoms with Crippen LogP contribution in [-0.2, 0) is 16.0 Å². The Morgan fingerprint density at radius 1 is 0.956 bits per heavy atom. The van der Waals surface area contributed by atoms with Crippen molar-refractivity contribution in [2.75, 3.05) is 7.11 Å². The van der Waals surface area contributed by atoms with Crippen molar-refractivity contribution in [3.05, 3.63) is 135 Å². The van der Waals surface area contributed by atoms with Crippen LogP contribution in [0, 0.1) is 0 Å². The van der Waals surface area contributed by atoms with Crippen LogP contribution in [0.5, 0.6) is 5.75 Å². The predicted molar refractivity (Wildman–Crippen MR) is 175 cm³/mol. The Kier molecular flexibility index (Phi) is 8.49. The second kappa shape index (κ2) is 12.8. The summed E-state index contributed by atoms with van der Waals surface area (Å²) >= 11 is 6.42. The molecule has 6 rings (SSSR count). The lowest BCUT2D eigenvalue weighted by Gasteiger charge is -2.22. The molecule has 0 saturated heterocycles. The van der Waals surface area contributed by atoms with Gasteiger partial charge in [-0.2, -0.15) is 5.10 Å². The minimum absolute atomic E-state index is 0.215. The summed E-state index contributed by atoms with van der Waals surface area (Å²) in [6, 6.07) is 30.2. The zero-order valence-electron chi connectivity index (χ0n) is 24.5. The maximum atomic E-state index is 13.7. The Balaban J connectivity index is 1.42.